The molecule has 0 atom stereocenters. The van der Waals surface area contributed by atoms with E-state index in [9.17, 15) is 0 Å². The lowest BCUT2D eigenvalue weighted by atomic mass is 10.3. The van der Waals surface area contributed by atoms with E-state index in [4.69, 9.17) is 4.43 Å². The minimum absolute atomic E-state index is 0.977. The van der Waals surface area contributed by atoms with Crippen LogP contribution in [0.4, 0.5) is 0 Å². The van der Waals surface area contributed by atoms with Crippen molar-refractivity contribution in [3.63, 3.8) is 0 Å². The van der Waals surface area contributed by atoms with Crippen LogP contribution in [0, 0.1) is 0 Å². The lowest BCUT2D eigenvalue weighted by molar-refractivity contribution is 0.551. The average molecular weight is 206 g/mol. The maximum absolute atomic E-state index is 5.99. The van der Waals surface area contributed by atoms with Crippen molar-refractivity contribution in [2.24, 2.45) is 0 Å². The Morgan fingerprint density at radius 2 is 1.86 bits per heavy atom. The third-order valence-corrected chi connectivity index (χ3v) is 4.11. The zero-order valence-electron chi connectivity index (χ0n) is 9.21. The van der Waals surface area contributed by atoms with Gasteiger partial charge in [-0.25, -0.2) is 0 Å². The second-order valence-corrected chi connectivity index (χ2v) is 8.39. The van der Waals surface area contributed by atoms with Gasteiger partial charge in [0.15, 0.2) is 0 Å². The molecule has 0 amide bonds. The molecule has 0 aliphatic rings. The molecule has 0 unspecified atom stereocenters. The second kappa shape index (κ2) is 4.47. The topological polar surface area (TPSA) is 9.23 Å². The van der Waals surface area contributed by atoms with Crippen LogP contribution in [0.1, 0.15) is 6.92 Å². The van der Waals surface area contributed by atoms with Gasteiger partial charge in [0.2, 0.25) is 8.32 Å². The first-order valence-electron chi connectivity index (χ1n) is 4.88. The summed E-state index contributed by atoms with van der Waals surface area (Å²) < 4.78 is 5.99. The molecule has 0 bridgehead atoms. The van der Waals surface area contributed by atoms with Crippen LogP contribution in [0.5, 0.6) is 5.75 Å². The van der Waals surface area contributed by atoms with E-state index in [0.717, 1.165) is 11.8 Å². The number of hydrogen-bond acceptors (Lipinski definition) is 1. The average Bonchev–Trinajstić information content (AvgIpc) is 2.02. The zero-order chi connectivity index (χ0) is 10.6. The summed E-state index contributed by atoms with van der Waals surface area (Å²) in [5.41, 5.74) is 1.21. The first-order chi connectivity index (χ1) is 6.49. The maximum atomic E-state index is 5.99. The fraction of sp³-hybridized carbons (Fsp3) is 0.333. The number of allylic oxidation sites excluding steroid dienone is 1. The van der Waals surface area contributed by atoms with E-state index in [1.807, 2.05) is 30.3 Å². The highest BCUT2D eigenvalue weighted by Crippen LogP contribution is 2.20. The Kier molecular flexibility index (Phi) is 3.53. The van der Waals surface area contributed by atoms with Crippen molar-refractivity contribution >= 4 is 8.32 Å². The highest BCUT2D eigenvalue weighted by Gasteiger charge is 2.24. The Hall–Kier alpha value is -1.02. The van der Waals surface area contributed by atoms with Crippen molar-refractivity contribution in [1.29, 1.82) is 0 Å². The number of para-hydroxylation sites is 1. The molecule has 14 heavy (non-hydrogen) atoms. The summed E-state index contributed by atoms with van der Waals surface area (Å²) in [7, 11) is -1.61. The molecule has 0 aliphatic carbocycles. The molecule has 0 aliphatic heterocycles. The Bertz CT molecular complexity index is 303. The summed E-state index contributed by atoms with van der Waals surface area (Å²) in [6.07, 6.45) is 0. The van der Waals surface area contributed by atoms with Crippen molar-refractivity contribution in [2.75, 3.05) is 0 Å². The van der Waals surface area contributed by atoms with E-state index >= 15 is 0 Å². The summed E-state index contributed by atoms with van der Waals surface area (Å²) >= 11 is 0. The Morgan fingerprint density at radius 3 is 2.36 bits per heavy atom. The van der Waals surface area contributed by atoms with Crippen molar-refractivity contribution < 1.29 is 4.43 Å². The summed E-state index contributed by atoms with van der Waals surface area (Å²) in [5, 5.41) is 0. The standard InChI is InChI=1S/C12H18OSi/c1-11(2)10-14(3,4)13-12-8-6-5-7-9-12/h5-9H,1,10H2,2-4H3. The summed E-state index contributed by atoms with van der Waals surface area (Å²) in [6.45, 7) is 10.4. The van der Waals surface area contributed by atoms with Crippen LogP contribution in [-0.2, 0) is 0 Å². The molecule has 0 spiro atoms. The van der Waals surface area contributed by atoms with Crippen molar-refractivity contribution in [3.05, 3.63) is 42.5 Å². The van der Waals surface area contributed by atoms with E-state index in [2.05, 4.69) is 26.6 Å². The first-order valence-corrected chi connectivity index (χ1v) is 7.99. The SMILES string of the molecule is C=C(C)C[Si](C)(C)Oc1ccccc1. The van der Waals surface area contributed by atoms with E-state index in [1.165, 1.54) is 5.57 Å². The van der Waals surface area contributed by atoms with Gasteiger partial charge in [0.1, 0.15) is 5.75 Å². The van der Waals surface area contributed by atoms with Gasteiger partial charge < -0.3 is 4.43 Å². The fourth-order valence-corrected chi connectivity index (χ4v) is 3.87. The van der Waals surface area contributed by atoms with Crippen LogP contribution < -0.4 is 4.43 Å². The summed E-state index contributed by atoms with van der Waals surface area (Å²) in [6, 6.07) is 11.0. The normalized spacial score (nSPS) is 11.1. The molecule has 0 heterocycles. The molecular formula is C12H18OSi. The van der Waals surface area contributed by atoms with E-state index in [1.54, 1.807) is 0 Å². The lowest BCUT2D eigenvalue weighted by Crippen LogP contribution is -2.34. The number of benzene rings is 1. The predicted molar refractivity (Wildman–Crippen MR) is 64.2 cm³/mol. The fourth-order valence-electron chi connectivity index (χ4n) is 1.57. The van der Waals surface area contributed by atoms with E-state index in [-0.39, 0.29) is 0 Å². The lowest BCUT2D eigenvalue weighted by Gasteiger charge is -2.24. The van der Waals surface area contributed by atoms with Crippen LogP contribution in [0.3, 0.4) is 0 Å². The molecule has 1 aromatic rings. The minimum Gasteiger partial charge on any atom is -0.544 e. The van der Waals surface area contributed by atoms with Crippen LogP contribution in [0.2, 0.25) is 19.1 Å². The Labute approximate surface area is 87.5 Å². The second-order valence-electron chi connectivity index (χ2n) is 4.31. The molecule has 1 aromatic carbocycles. The molecule has 0 N–H and O–H groups in total. The molecule has 0 saturated carbocycles. The van der Waals surface area contributed by atoms with Crippen molar-refractivity contribution in [3.8, 4) is 5.75 Å². The van der Waals surface area contributed by atoms with Gasteiger partial charge in [-0.15, -0.1) is 6.58 Å². The van der Waals surface area contributed by atoms with Gasteiger partial charge in [-0.3, -0.25) is 0 Å². The highest BCUT2D eigenvalue weighted by atomic mass is 28.4. The largest absolute Gasteiger partial charge is 0.544 e. The quantitative estimate of drug-likeness (QED) is 0.537. The smallest absolute Gasteiger partial charge is 0.249 e. The molecule has 76 valence electrons. The molecule has 0 saturated heterocycles. The van der Waals surface area contributed by atoms with Gasteiger partial charge in [0.25, 0.3) is 0 Å². The minimum atomic E-state index is -1.61. The summed E-state index contributed by atoms with van der Waals surface area (Å²) in [4.78, 5) is 0. The van der Waals surface area contributed by atoms with Gasteiger partial charge in [-0.05, 0) is 38.2 Å². The van der Waals surface area contributed by atoms with Crippen molar-refractivity contribution in [2.45, 2.75) is 26.1 Å². The Morgan fingerprint density at radius 1 is 1.29 bits per heavy atom. The predicted octanol–water partition coefficient (Wildman–Crippen LogP) is 3.85. The highest BCUT2D eigenvalue weighted by molar-refractivity contribution is 6.72. The molecule has 2 heteroatoms. The first kappa shape index (κ1) is 11.1. The molecule has 1 rings (SSSR count). The number of rotatable bonds is 4. The molecule has 0 fully saturated rings. The molecule has 0 radical (unpaired) electrons. The van der Waals surface area contributed by atoms with Crippen LogP contribution in [-0.4, -0.2) is 8.32 Å². The monoisotopic (exact) mass is 206 g/mol. The van der Waals surface area contributed by atoms with Gasteiger partial charge in [-0.1, -0.05) is 23.8 Å². The van der Waals surface area contributed by atoms with Gasteiger partial charge in [-0.2, -0.15) is 0 Å². The van der Waals surface area contributed by atoms with Crippen molar-refractivity contribution in [1.82, 2.24) is 0 Å². The Balaban J connectivity index is 2.63. The van der Waals surface area contributed by atoms with Crippen LogP contribution >= 0.6 is 0 Å². The van der Waals surface area contributed by atoms with Gasteiger partial charge >= 0.3 is 0 Å². The molecular weight excluding hydrogens is 188 g/mol. The summed E-state index contributed by atoms with van der Waals surface area (Å²) in [5.74, 6) is 0.977. The molecule has 1 nitrogen and oxygen atoms in total. The third kappa shape index (κ3) is 3.79. The molecule has 0 aromatic heterocycles. The van der Waals surface area contributed by atoms with Gasteiger partial charge in [0.05, 0.1) is 0 Å². The third-order valence-electron chi connectivity index (χ3n) is 1.86. The van der Waals surface area contributed by atoms with Gasteiger partial charge in [0, 0.05) is 0 Å². The van der Waals surface area contributed by atoms with E-state index in [0.29, 0.717) is 0 Å². The maximum Gasteiger partial charge on any atom is 0.249 e. The number of hydrogen-bond donors (Lipinski definition) is 0. The van der Waals surface area contributed by atoms with Crippen LogP contribution in [0.15, 0.2) is 42.5 Å². The van der Waals surface area contributed by atoms with E-state index < -0.39 is 8.32 Å². The zero-order valence-corrected chi connectivity index (χ0v) is 10.2. The van der Waals surface area contributed by atoms with Crippen LogP contribution in [0.25, 0.3) is 0 Å².